The Balaban J connectivity index is 2.45. The van der Waals surface area contributed by atoms with Crippen molar-refractivity contribution < 1.29 is 0 Å². The van der Waals surface area contributed by atoms with Gasteiger partial charge in [0.15, 0.2) is 0 Å². The van der Waals surface area contributed by atoms with Gasteiger partial charge in [-0.25, -0.2) is 4.98 Å². The topological polar surface area (TPSA) is 28.2 Å². The maximum Gasteiger partial charge on any atom is 0.125 e. The molecule has 0 fully saturated rings. The van der Waals surface area contributed by atoms with Crippen molar-refractivity contribution in [3.05, 3.63) is 23.9 Å². The normalized spacial score (nSPS) is 10.9. The van der Waals surface area contributed by atoms with Crippen LogP contribution in [0.5, 0.6) is 0 Å². The molecule has 3 nitrogen and oxygen atoms in total. The first-order valence-electron chi connectivity index (χ1n) is 7.21. The summed E-state index contributed by atoms with van der Waals surface area (Å²) in [4.78, 5) is 6.92. The molecule has 0 aliphatic carbocycles. The van der Waals surface area contributed by atoms with Gasteiger partial charge in [-0.15, -0.1) is 0 Å². The quantitative estimate of drug-likeness (QED) is 0.725. The van der Waals surface area contributed by atoms with Gasteiger partial charge >= 0.3 is 0 Å². The van der Waals surface area contributed by atoms with Crippen LogP contribution in [0.15, 0.2) is 18.3 Å². The first-order chi connectivity index (χ1) is 8.80. The summed E-state index contributed by atoms with van der Waals surface area (Å²) in [5, 5.41) is 3.30. The Morgan fingerprint density at radius 1 is 1.17 bits per heavy atom. The lowest BCUT2D eigenvalue weighted by Crippen LogP contribution is -2.24. The van der Waals surface area contributed by atoms with Crippen molar-refractivity contribution >= 4 is 5.82 Å². The highest BCUT2D eigenvalue weighted by Crippen LogP contribution is 2.08. The van der Waals surface area contributed by atoms with Gasteiger partial charge in [0.2, 0.25) is 0 Å². The minimum Gasteiger partial charge on any atom is -0.370 e. The predicted molar refractivity (Wildman–Crippen MR) is 78.9 cm³/mol. The molecule has 0 saturated carbocycles. The molecule has 1 aromatic heterocycles. The molecule has 1 N–H and O–H groups in total. The number of hydrogen-bond donors (Lipinski definition) is 1. The third kappa shape index (κ3) is 5.50. The summed E-state index contributed by atoms with van der Waals surface area (Å²) in [5.74, 6) is 0.984. The van der Waals surface area contributed by atoms with Crippen LogP contribution in [0, 0.1) is 0 Å². The average Bonchev–Trinajstić information content (AvgIpc) is 2.42. The van der Waals surface area contributed by atoms with E-state index in [2.05, 4.69) is 48.1 Å². The van der Waals surface area contributed by atoms with E-state index < -0.39 is 0 Å². The summed E-state index contributed by atoms with van der Waals surface area (Å²) in [6.45, 7) is 10.9. The summed E-state index contributed by atoms with van der Waals surface area (Å²) in [7, 11) is 0. The number of nitrogens with zero attached hydrogens (tertiary/aromatic N) is 2. The van der Waals surface area contributed by atoms with Gasteiger partial charge in [0.1, 0.15) is 5.82 Å². The number of nitrogens with one attached hydrogen (secondary N) is 1. The van der Waals surface area contributed by atoms with Crippen LogP contribution in [0.25, 0.3) is 0 Å². The Hall–Kier alpha value is -1.09. The maximum atomic E-state index is 4.45. The highest BCUT2D eigenvalue weighted by molar-refractivity contribution is 5.35. The van der Waals surface area contributed by atoms with E-state index in [0.29, 0.717) is 0 Å². The van der Waals surface area contributed by atoms with Crippen LogP contribution < -0.4 is 5.32 Å². The fourth-order valence-corrected chi connectivity index (χ4v) is 1.86. The second kappa shape index (κ2) is 8.92. The Bertz CT molecular complexity index is 308. The molecular weight excluding hydrogens is 222 g/mol. The Morgan fingerprint density at radius 2 is 2.00 bits per heavy atom. The Labute approximate surface area is 112 Å². The van der Waals surface area contributed by atoms with Gasteiger partial charge in [0.25, 0.3) is 0 Å². The molecule has 0 amide bonds. The van der Waals surface area contributed by atoms with Crippen molar-refractivity contribution in [1.29, 1.82) is 0 Å². The van der Waals surface area contributed by atoms with Gasteiger partial charge < -0.3 is 5.32 Å². The van der Waals surface area contributed by atoms with E-state index in [0.717, 1.165) is 31.9 Å². The lowest BCUT2D eigenvalue weighted by Gasteiger charge is -2.20. The van der Waals surface area contributed by atoms with Gasteiger partial charge in [0.05, 0.1) is 0 Å². The molecule has 0 atom stereocenters. The van der Waals surface area contributed by atoms with E-state index in [9.17, 15) is 0 Å². The molecule has 1 rings (SSSR count). The molecule has 3 heteroatoms. The van der Waals surface area contributed by atoms with Gasteiger partial charge in [-0.1, -0.05) is 33.3 Å². The minimum absolute atomic E-state index is 0.984. The first-order valence-corrected chi connectivity index (χ1v) is 7.21. The van der Waals surface area contributed by atoms with Gasteiger partial charge in [-0.05, 0) is 37.6 Å². The lowest BCUT2D eigenvalue weighted by atomic mass is 10.2. The highest BCUT2D eigenvalue weighted by Gasteiger charge is 2.03. The summed E-state index contributed by atoms with van der Waals surface area (Å²) < 4.78 is 0. The number of unbranched alkanes of at least 4 members (excludes halogenated alkanes) is 1. The van der Waals surface area contributed by atoms with Crippen LogP contribution in [-0.2, 0) is 6.54 Å². The third-order valence-corrected chi connectivity index (χ3v) is 3.06. The number of hydrogen-bond acceptors (Lipinski definition) is 3. The molecular formula is C15H27N3. The molecule has 0 aliphatic heterocycles. The van der Waals surface area contributed by atoms with Crippen molar-refractivity contribution in [2.24, 2.45) is 0 Å². The van der Waals surface area contributed by atoms with Crippen molar-refractivity contribution in [2.45, 2.75) is 46.6 Å². The van der Waals surface area contributed by atoms with Crippen molar-refractivity contribution in [1.82, 2.24) is 9.88 Å². The molecule has 0 saturated heterocycles. The number of pyridine rings is 1. The maximum absolute atomic E-state index is 4.45. The number of aromatic nitrogens is 1. The number of rotatable bonds is 9. The summed E-state index contributed by atoms with van der Waals surface area (Å²) in [6.07, 6.45) is 5.66. The molecule has 102 valence electrons. The second-order valence-electron chi connectivity index (χ2n) is 4.70. The van der Waals surface area contributed by atoms with Crippen LogP contribution in [0.2, 0.25) is 0 Å². The number of anilines is 1. The smallest absolute Gasteiger partial charge is 0.125 e. The summed E-state index contributed by atoms with van der Waals surface area (Å²) in [6, 6.07) is 4.26. The fraction of sp³-hybridized carbons (Fsp3) is 0.667. The van der Waals surface area contributed by atoms with Crippen LogP contribution in [0.4, 0.5) is 5.82 Å². The predicted octanol–water partition coefficient (Wildman–Crippen LogP) is 3.53. The van der Waals surface area contributed by atoms with Crippen LogP contribution in [0.3, 0.4) is 0 Å². The van der Waals surface area contributed by atoms with Gasteiger partial charge in [-0.3, -0.25) is 4.90 Å². The van der Waals surface area contributed by atoms with Crippen molar-refractivity contribution in [3.8, 4) is 0 Å². The Morgan fingerprint density at radius 3 is 2.56 bits per heavy atom. The molecule has 0 spiro atoms. The SMILES string of the molecule is CCCCN(CC)Cc1ccc(NCCC)nc1. The molecule has 0 radical (unpaired) electrons. The molecule has 0 aliphatic rings. The zero-order valence-electron chi connectivity index (χ0n) is 12.1. The lowest BCUT2D eigenvalue weighted by molar-refractivity contribution is 0.275. The monoisotopic (exact) mass is 249 g/mol. The fourth-order valence-electron chi connectivity index (χ4n) is 1.86. The van der Waals surface area contributed by atoms with Crippen LogP contribution in [0.1, 0.15) is 45.6 Å². The van der Waals surface area contributed by atoms with E-state index >= 15 is 0 Å². The summed E-state index contributed by atoms with van der Waals surface area (Å²) >= 11 is 0. The van der Waals surface area contributed by atoms with Gasteiger partial charge in [-0.2, -0.15) is 0 Å². The highest BCUT2D eigenvalue weighted by atomic mass is 15.1. The van der Waals surface area contributed by atoms with E-state index in [1.54, 1.807) is 0 Å². The second-order valence-corrected chi connectivity index (χ2v) is 4.70. The van der Waals surface area contributed by atoms with Crippen molar-refractivity contribution in [3.63, 3.8) is 0 Å². The van der Waals surface area contributed by atoms with E-state index in [1.165, 1.54) is 24.9 Å². The van der Waals surface area contributed by atoms with E-state index in [-0.39, 0.29) is 0 Å². The Kier molecular flexibility index (Phi) is 7.42. The minimum atomic E-state index is 0.984. The molecule has 0 aromatic carbocycles. The molecule has 1 aromatic rings. The standard InChI is InChI=1S/C15H27N3/c1-4-7-11-18(6-3)13-14-8-9-15(17-12-14)16-10-5-2/h8-9,12H,4-7,10-11,13H2,1-3H3,(H,16,17). The third-order valence-electron chi connectivity index (χ3n) is 3.06. The van der Waals surface area contributed by atoms with Crippen molar-refractivity contribution in [2.75, 3.05) is 25.0 Å². The zero-order chi connectivity index (χ0) is 13.2. The first kappa shape index (κ1) is 15.0. The molecule has 0 bridgehead atoms. The molecule has 1 heterocycles. The van der Waals surface area contributed by atoms with Crippen LogP contribution in [-0.4, -0.2) is 29.5 Å². The van der Waals surface area contributed by atoms with Crippen LogP contribution >= 0.6 is 0 Å². The average molecular weight is 249 g/mol. The largest absolute Gasteiger partial charge is 0.370 e. The van der Waals surface area contributed by atoms with E-state index in [4.69, 9.17) is 0 Å². The zero-order valence-corrected chi connectivity index (χ0v) is 12.1. The van der Waals surface area contributed by atoms with E-state index in [1.807, 2.05) is 6.20 Å². The molecule has 0 unspecified atom stereocenters. The van der Waals surface area contributed by atoms with Gasteiger partial charge in [0, 0.05) is 19.3 Å². The summed E-state index contributed by atoms with van der Waals surface area (Å²) in [5.41, 5.74) is 1.30. The molecule has 18 heavy (non-hydrogen) atoms.